The molecular formula is C10H13ClN2O3S. The Morgan fingerprint density at radius 2 is 1.94 bits per heavy atom. The van der Waals surface area contributed by atoms with E-state index in [2.05, 4.69) is 4.72 Å². The van der Waals surface area contributed by atoms with Crippen LogP contribution < -0.4 is 10.5 Å². The fourth-order valence-electron chi connectivity index (χ4n) is 1.38. The average molecular weight is 277 g/mol. The highest BCUT2D eigenvalue weighted by Crippen LogP contribution is 2.19. The van der Waals surface area contributed by atoms with E-state index in [4.69, 9.17) is 17.3 Å². The van der Waals surface area contributed by atoms with Crippen LogP contribution in [-0.4, -0.2) is 20.6 Å². The van der Waals surface area contributed by atoms with Gasteiger partial charge in [0, 0.05) is 11.4 Å². The number of sulfonamides is 1. The number of amides is 1. The molecule has 7 heteroatoms. The topological polar surface area (TPSA) is 89.3 Å². The van der Waals surface area contributed by atoms with Gasteiger partial charge in [-0.3, -0.25) is 4.79 Å². The molecule has 5 nitrogen and oxygen atoms in total. The molecule has 1 rings (SSSR count). The van der Waals surface area contributed by atoms with Crippen molar-refractivity contribution in [2.45, 2.75) is 12.5 Å². The Balaban J connectivity index is 2.97. The molecule has 0 aliphatic carbocycles. The molecular weight excluding hydrogens is 264 g/mol. The number of primary amides is 1. The minimum absolute atomic E-state index is 0.102. The van der Waals surface area contributed by atoms with Gasteiger partial charge in [0.05, 0.1) is 12.3 Å². The molecule has 94 valence electrons. The van der Waals surface area contributed by atoms with Crippen LogP contribution in [0.15, 0.2) is 24.3 Å². The second-order valence-corrected chi connectivity index (χ2v) is 5.88. The van der Waals surface area contributed by atoms with Crippen LogP contribution in [0.2, 0.25) is 5.02 Å². The molecule has 0 aliphatic heterocycles. The largest absolute Gasteiger partial charge is 0.370 e. The smallest absolute Gasteiger partial charge is 0.219 e. The first-order valence-electron chi connectivity index (χ1n) is 4.79. The predicted molar refractivity (Wildman–Crippen MR) is 66.0 cm³/mol. The molecule has 0 bridgehead atoms. The van der Waals surface area contributed by atoms with Gasteiger partial charge in [-0.25, -0.2) is 13.1 Å². The summed E-state index contributed by atoms with van der Waals surface area (Å²) in [5, 5.41) is 0.533. The Kier molecular flexibility index (Phi) is 4.50. The molecule has 0 unspecified atom stereocenters. The van der Waals surface area contributed by atoms with E-state index in [1.807, 2.05) is 0 Å². The number of benzene rings is 1. The minimum Gasteiger partial charge on any atom is -0.370 e. The highest BCUT2D eigenvalue weighted by atomic mass is 35.5. The summed E-state index contributed by atoms with van der Waals surface area (Å²) in [5.74, 6) is -0.582. The van der Waals surface area contributed by atoms with E-state index in [0.29, 0.717) is 10.6 Å². The van der Waals surface area contributed by atoms with Gasteiger partial charge in [-0.15, -0.1) is 0 Å². The van der Waals surface area contributed by atoms with Gasteiger partial charge in [-0.05, 0) is 17.7 Å². The van der Waals surface area contributed by atoms with Crippen molar-refractivity contribution in [3.63, 3.8) is 0 Å². The van der Waals surface area contributed by atoms with Gasteiger partial charge in [-0.1, -0.05) is 23.7 Å². The summed E-state index contributed by atoms with van der Waals surface area (Å²) in [6.07, 6.45) is 0.922. The van der Waals surface area contributed by atoms with Crippen molar-refractivity contribution in [1.82, 2.24) is 4.72 Å². The van der Waals surface area contributed by atoms with Crippen LogP contribution in [0.1, 0.15) is 18.0 Å². The Morgan fingerprint density at radius 1 is 1.41 bits per heavy atom. The summed E-state index contributed by atoms with van der Waals surface area (Å²) in [6, 6.07) is 5.87. The molecule has 1 aromatic carbocycles. The SMILES string of the molecule is CS(=O)(=O)N[C@@H](CC(N)=O)c1ccc(Cl)cc1. The van der Waals surface area contributed by atoms with Gasteiger partial charge in [-0.2, -0.15) is 0 Å². The minimum atomic E-state index is -3.42. The third-order valence-electron chi connectivity index (χ3n) is 2.03. The zero-order chi connectivity index (χ0) is 13.1. The zero-order valence-electron chi connectivity index (χ0n) is 9.18. The quantitative estimate of drug-likeness (QED) is 0.834. The van der Waals surface area contributed by atoms with Crippen LogP contribution in [-0.2, 0) is 14.8 Å². The molecule has 0 spiro atoms. The number of halogens is 1. The lowest BCUT2D eigenvalue weighted by molar-refractivity contribution is -0.118. The van der Waals surface area contributed by atoms with Crippen LogP contribution in [0.4, 0.5) is 0 Å². The van der Waals surface area contributed by atoms with E-state index in [9.17, 15) is 13.2 Å². The van der Waals surface area contributed by atoms with Crippen LogP contribution in [0.5, 0.6) is 0 Å². The van der Waals surface area contributed by atoms with Crippen molar-refractivity contribution in [2.75, 3.05) is 6.26 Å². The lowest BCUT2D eigenvalue weighted by Gasteiger charge is -2.16. The molecule has 0 saturated heterocycles. The standard InChI is InChI=1S/C10H13ClN2O3S/c1-17(15,16)13-9(6-10(12)14)7-2-4-8(11)5-3-7/h2-5,9,13H,6H2,1H3,(H2,12,14)/t9-/m0/s1. The fraction of sp³-hybridized carbons (Fsp3) is 0.300. The Labute approximate surface area is 105 Å². The first-order valence-corrected chi connectivity index (χ1v) is 7.06. The number of hydrogen-bond acceptors (Lipinski definition) is 3. The molecule has 0 aliphatic rings. The Morgan fingerprint density at radius 3 is 2.35 bits per heavy atom. The second kappa shape index (κ2) is 5.48. The van der Waals surface area contributed by atoms with E-state index in [0.717, 1.165) is 6.26 Å². The molecule has 0 fully saturated rings. The fourth-order valence-corrected chi connectivity index (χ4v) is 2.24. The van der Waals surface area contributed by atoms with E-state index in [1.165, 1.54) is 0 Å². The number of nitrogens with one attached hydrogen (secondary N) is 1. The lowest BCUT2D eigenvalue weighted by atomic mass is 10.0. The van der Waals surface area contributed by atoms with Gasteiger partial charge in [0.25, 0.3) is 0 Å². The van der Waals surface area contributed by atoms with Gasteiger partial charge >= 0.3 is 0 Å². The van der Waals surface area contributed by atoms with Crippen molar-refractivity contribution < 1.29 is 13.2 Å². The average Bonchev–Trinajstić information content (AvgIpc) is 2.14. The monoisotopic (exact) mass is 276 g/mol. The first kappa shape index (κ1) is 14.0. The van der Waals surface area contributed by atoms with Gasteiger partial charge in [0.2, 0.25) is 15.9 Å². The lowest BCUT2D eigenvalue weighted by Crippen LogP contribution is -2.30. The van der Waals surface area contributed by atoms with Gasteiger partial charge < -0.3 is 5.73 Å². The molecule has 0 heterocycles. The van der Waals surface area contributed by atoms with Crippen LogP contribution >= 0.6 is 11.6 Å². The normalized spacial score (nSPS) is 13.3. The van der Waals surface area contributed by atoms with Crippen LogP contribution in [0, 0.1) is 0 Å². The maximum absolute atomic E-state index is 11.2. The van der Waals surface area contributed by atoms with Crippen molar-refractivity contribution >= 4 is 27.5 Å². The van der Waals surface area contributed by atoms with Gasteiger partial charge in [0.15, 0.2) is 0 Å². The van der Waals surface area contributed by atoms with Crippen LogP contribution in [0.3, 0.4) is 0 Å². The van der Waals surface area contributed by atoms with E-state index in [-0.39, 0.29) is 6.42 Å². The number of carbonyl (C=O) groups excluding carboxylic acids is 1. The first-order chi connectivity index (χ1) is 7.78. The molecule has 3 N–H and O–H groups in total. The maximum atomic E-state index is 11.2. The molecule has 0 saturated carbocycles. The van der Waals surface area contributed by atoms with Crippen molar-refractivity contribution in [3.05, 3.63) is 34.9 Å². The summed E-state index contributed by atoms with van der Waals surface area (Å²) in [5.41, 5.74) is 5.72. The second-order valence-electron chi connectivity index (χ2n) is 3.66. The van der Waals surface area contributed by atoms with E-state index < -0.39 is 22.0 Å². The molecule has 1 amide bonds. The zero-order valence-corrected chi connectivity index (χ0v) is 10.8. The molecule has 0 radical (unpaired) electrons. The van der Waals surface area contributed by atoms with E-state index in [1.54, 1.807) is 24.3 Å². The Bertz CT molecular complexity index is 499. The maximum Gasteiger partial charge on any atom is 0.219 e. The summed E-state index contributed by atoms with van der Waals surface area (Å²) in [7, 11) is -3.42. The number of rotatable bonds is 5. The summed E-state index contributed by atoms with van der Waals surface area (Å²) in [6.45, 7) is 0. The third kappa shape index (κ3) is 5.16. The molecule has 17 heavy (non-hydrogen) atoms. The predicted octanol–water partition coefficient (Wildman–Crippen LogP) is 0.806. The Hall–Kier alpha value is -1.11. The summed E-state index contributed by atoms with van der Waals surface area (Å²) in [4.78, 5) is 10.9. The highest BCUT2D eigenvalue weighted by molar-refractivity contribution is 7.88. The van der Waals surface area contributed by atoms with Crippen molar-refractivity contribution in [3.8, 4) is 0 Å². The number of nitrogens with two attached hydrogens (primary N) is 1. The number of carbonyl (C=O) groups is 1. The van der Waals surface area contributed by atoms with E-state index >= 15 is 0 Å². The third-order valence-corrected chi connectivity index (χ3v) is 3.00. The number of hydrogen-bond donors (Lipinski definition) is 2. The van der Waals surface area contributed by atoms with Crippen molar-refractivity contribution in [2.24, 2.45) is 5.73 Å². The van der Waals surface area contributed by atoms with Crippen LogP contribution in [0.25, 0.3) is 0 Å². The highest BCUT2D eigenvalue weighted by Gasteiger charge is 2.18. The van der Waals surface area contributed by atoms with Crippen molar-refractivity contribution in [1.29, 1.82) is 0 Å². The molecule has 1 aromatic rings. The summed E-state index contributed by atoms with van der Waals surface area (Å²) >= 11 is 5.72. The molecule has 0 aromatic heterocycles. The molecule has 1 atom stereocenters. The summed E-state index contributed by atoms with van der Waals surface area (Å²) < 4.78 is 24.7. The van der Waals surface area contributed by atoms with Gasteiger partial charge in [0.1, 0.15) is 0 Å².